The summed E-state index contributed by atoms with van der Waals surface area (Å²) in [6, 6.07) is 7.25. The van der Waals surface area contributed by atoms with Crippen LogP contribution in [0.2, 0.25) is 0 Å². The summed E-state index contributed by atoms with van der Waals surface area (Å²) >= 11 is 0. The number of hydrogen-bond donors (Lipinski definition) is 2. The van der Waals surface area contributed by atoms with Crippen LogP contribution >= 0.6 is 0 Å². The van der Waals surface area contributed by atoms with Crippen LogP contribution in [-0.2, 0) is 23.9 Å². The second-order valence-corrected chi connectivity index (χ2v) is 3.96. The van der Waals surface area contributed by atoms with Crippen LogP contribution in [-0.4, -0.2) is 46.1 Å². The molecule has 0 saturated heterocycles. The van der Waals surface area contributed by atoms with Crippen LogP contribution in [0.15, 0.2) is 30.3 Å². The standard InChI is InChI=1S/C13H12O8/c1-8(15)20-10(11(16)17)13(7-14,12(18)19)21-9-5-3-2-4-6-9/h2-7,10H,1H3,(H,16,17)(H,18,19). The van der Waals surface area contributed by atoms with Gasteiger partial charge in [0.15, 0.2) is 6.29 Å². The maximum Gasteiger partial charge on any atom is 0.360 e. The fourth-order valence-corrected chi connectivity index (χ4v) is 1.52. The molecule has 8 nitrogen and oxygen atoms in total. The molecule has 21 heavy (non-hydrogen) atoms. The van der Waals surface area contributed by atoms with E-state index in [4.69, 9.17) is 9.84 Å². The van der Waals surface area contributed by atoms with Gasteiger partial charge in [-0.3, -0.25) is 9.59 Å². The van der Waals surface area contributed by atoms with Gasteiger partial charge in [-0.05, 0) is 12.1 Å². The fraction of sp³-hybridized carbons (Fsp3) is 0.231. The van der Waals surface area contributed by atoms with E-state index >= 15 is 0 Å². The van der Waals surface area contributed by atoms with Gasteiger partial charge in [0, 0.05) is 6.92 Å². The van der Waals surface area contributed by atoms with E-state index in [9.17, 15) is 24.3 Å². The average molecular weight is 296 g/mol. The van der Waals surface area contributed by atoms with Crippen LogP contribution in [0, 0.1) is 0 Å². The van der Waals surface area contributed by atoms with E-state index in [0.717, 1.165) is 6.92 Å². The molecule has 8 heteroatoms. The highest BCUT2D eigenvalue weighted by molar-refractivity contribution is 6.02. The van der Waals surface area contributed by atoms with Gasteiger partial charge in [-0.1, -0.05) is 18.2 Å². The molecule has 0 aliphatic heterocycles. The third kappa shape index (κ3) is 3.56. The number of hydrogen-bond acceptors (Lipinski definition) is 6. The molecule has 0 amide bonds. The van der Waals surface area contributed by atoms with Crippen LogP contribution in [0.1, 0.15) is 6.92 Å². The van der Waals surface area contributed by atoms with E-state index in [1.165, 1.54) is 24.3 Å². The smallest absolute Gasteiger partial charge is 0.360 e. The number of benzene rings is 1. The number of aldehydes is 1. The first kappa shape index (κ1) is 16.2. The van der Waals surface area contributed by atoms with Crippen LogP contribution in [0.4, 0.5) is 0 Å². The molecule has 0 saturated carbocycles. The molecule has 2 atom stereocenters. The largest absolute Gasteiger partial charge is 0.478 e. The maximum absolute atomic E-state index is 11.4. The van der Waals surface area contributed by atoms with Crippen molar-refractivity contribution in [3.05, 3.63) is 30.3 Å². The van der Waals surface area contributed by atoms with Gasteiger partial charge in [-0.25, -0.2) is 9.59 Å². The van der Waals surface area contributed by atoms with Crippen molar-refractivity contribution < 1.29 is 38.9 Å². The lowest BCUT2D eigenvalue weighted by Gasteiger charge is -2.29. The molecule has 0 radical (unpaired) electrons. The number of para-hydroxylation sites is 1. The predicted molar refractivity (Wildman–Crippen MR) is 66.7 cm³/mol. The summed E-state index contributed by atoms with van der Waals surface area (Å²) in [7, 11) is 0. The van der Waals surface area contributed by atoms with Crippen molar-refractivity contribution in [1.29, 1.82) is 0 Å². The molecule has 0 bridgehead atoms. The van der Waals surface area contributed by atoms with Gasteiger partial charge in [0.2, 0.25) is 0 Å². The minimum absolute atomic E-state index is 0.0644. The zero-order valence-electron chi connectivity index (χ0n) is 10.9. The zero-order chi connectivity index (χ0) is 16.0. The summed E-state index contributed by atoms with van der Waals surface area (Å²) in [5.74, 6) is -4.84. The SMILES string of the molecule is CC(=O)OC(C(=O)O)C(C=O)(Oc1ccccc1)C(=O)O. The predicted octanol–water partition coefficient (Wildman–Crippen LogP) is 0.104. The molecular weight excluding hydrogens is 284 g/mol. The van der Waals surface area contributed by atoms with Gasteiger partial charge in [0.1, 0.15) is 5.75 Å². The molecule has 0 aromatic heterocycles. The van der Waals surface area contributed by atoms with Gasteiger partial charge < -0.3 is 19.7 Å². The van der Waals surface area contributed by atoms with Crippen molar-refractivity contribution in [3.63, 3.8) is 0 Å². The van der Waals surface area contributed by atoms with Gasteiger partial charge in [0.25, 0.3) is 6.10 Å². The van der Waals surface area contributed by atoms with E-state index in [0.29, 0.717) is 0 Å². The van der Waals surface area contributed by atoms with Crippen molar-refractivity contribution in [2.24, 2.45) is 0 Å². The van der Waals surface area contributed by atoms with E-state index in [1.807, 2.05) is 0 Å². The lowest BCUT2D eigenvalue weighted by atomic mass is 9.97. The molecule has 2 unspecified atom stereocenters. The van der Waals surface area contributed by atoms with Crippen molar-refractivity contribution >= 4 is 24.2 Å². The molecule has 1 aromatic carbocycles. The Morgan fingerprint density at radius 1 is 1.19 bits per heavy atom. The monoisotopic (exact) mass is 296 g/mol. The number of carboxylic acids is 2. The molecule has 1 rings (SSSR count). The lowest BCUT2D eigenvalue weighted by Crippen LogP contribution is -2.60. The molecular formula is C13H12O8. The number of esters is 1. The maximum atomic E-state index is 11.4. The molecule has 0 heterocycles. The van der Waals surface area contributed by atoms with E-state index in [-0.39, 0.29) is 12.0 Å². The molecule has 2 N–H and O–H groups in total. The second-order valence-electron chi connectivity index (χ2n) is 3.96. The molecule has 0 aliphatic rings. The van der Waals surface area contributed by atoms with Gasteiger partial charge >= 0.3 is 23.5 Å². The highest BCUT2D eigenvalue weighted by atomic mass is 16.6. The average Bonchev–Trinajstić information content (AvgIpc) is 2.43. The normalized spacial score (nSPS) is 14.3. The van der Waals surface area contributed by atoms with Crippen LogP contribution in [0.3, 0.4) is 0 Å². The summed E-state index contributed by atoms with van der Waals surface area (Å²) in [5.41, 5.74) is -2.89. The molecule has 112 valence electrons. The molecule has 0 spiro atoms. The quantitative estimate of drug-likeness (QED) is 0.412. The Morgan fingerprint density at radius 3 is 2.14 bits per heavy atom. The molecule has 0 aliphatic carbocycles. The number of rotatable bonds is 7. The van der Waals surface area contributed by atoms with Crippen LogP contribution < -0.4 is 4.74 Å². The first-order valence-corrected chi connectivity index (χ1v) is 5.67. The van der Waals surface area contributed by atoms with Crippen molar-refractivity contribution in [2.75, 3.05) is 0 Å². The van der Waals surface area contributed by atoms with Crippen molar-refractivity contribution in [3.8, 4) is 5.75 Å². The Labute approximate surface area is 118 Å². The van der Waals surface area contributed by atoms with Gasteiger partial charge in [-0.2, -0.15) is 0 Å². The highest BCUT2D eigenvalue weighted by Crippen LogP contribution is 2.23. The minimum atomic E-state index is -2.89. The minimum Gasteiger partial charge on any atom is -0.478 e. The highest BCUT2D eigenvalue weighted by Gasteiger charge is 2.55. The third-order valence-electron chi connectivity index (χ3n) is 2.44. The lowest BCUT2D eigenvalue weighted by molar-refractivity contribution is -0.188. The Kier molecular flexibility index (Phi) is 5.01. The number of carboxylic acid groups (broad SMARTS) is 2. The number of aliphatic carboxylic acids is 2. The van der Waals surface area contributed by atoms with Crippen molar-refractivity contribution in [1.82, 2.24) is 0 Å². The summed E-state index contributed by atoms with van der Waals surface area (Å²) in [6.45, 7) is 0.885. The summed E-state index contributed by atoms with van der Waals surface area (Å²) in [6.07, 6.45) is -2.55. The summed E-state index contributed by atoms with van der Waals surface area (Å²) in [4.78, 5) is 44.7. The second kappa shape index (κ2) is 6.51. The number of carbonyl (C=O) groups is 4. The molecule has 1 aromatic rings. The summed E-state index contributed by atoms with van der Waals surface area (Å²) < 4.78 is 9.44. The van der Waals surface area contributed by atoms with Crippen LogP contribution in [0.25, 0.3) is 0 Å². The first-order valence-electron chi connectivity index (χ1n) is 5.67. The molecule has 0 fully saturated rings. The number of carbonyl (C=O) groups excluding carboxylic acids is 2. The van der Waals surface area contributed by atoms with Crippen LogP contribution in [0.5, 0.6) is 5.75 Å². The van der Waals surface area contributed by atoms with E-state index < -0.39 is 29.6 Å². The Hall–Kier alpha value is -2.90. The first-order chi connectivity index (χ1) is 9.83. The fourth-order valence-electron chi connectivity index (χ4n) is 1.52. The Morgan fingerprint density at radius 2 is 1.76 bits per heavy atom. The topological polar surface area (TPSA) is 127 Å². The zero-order valence-corrected chi connectivity index (χ0v) is 10.9. The van der Waals surface area contributed by atoms with E-state index in [2.05, 4.69) is 4.74 Å². The van der Waals surface area contributed by atoms with Crippen molar-refractivity contribution in [2.45, 2.75) is 18.6 Å². The summed E-state index contributed by atoms with van der Waals surface area (Å²) in [5, 5.41) is 18.2. The Bertz CT molecular complexity index is 553. The number of ether oxygens (including phenoxy) is 2. The van der Waals surface area contributed by atoms with E-state index in [1.54, 1.807) is 6.07 Å². The third-order valence-corrected chi connectivity index (χ3v) is 2.44. The Balaban J connectivity index is 3.30. The van der Waals surface area contributed by atoms with Gasteiger partial charge in [0.05, 0.1) is 0 Å². The van der Waals surface area contributed by atoms with Gasteiger partial charge in [-0.15, -0.1) is 0 Å².